The molecule has 0 saturated carbocycles. The van der Waals surface area contributed by atoms with Crippen molar-refractivity contribution in [1.29, 1.82) is 0 Å². The Labute approximate surface area is 236 Å². The van der Waals surface area contributed by atoms with E-state index >= 15 is 0 Å². The number of hydrogen-bond acceptors (Lipinski definition) is 7. The minimum Gasteiger partial charge on any atom is -0.444 e. The Bertz CT molecular complexity index is 1180. The van der Waals surface area contributed by atoms with Gasteiger partial charge in [0, 0.05) is 56.9 Å². The predicted molar refractivity (Wildman–Crippen MR) is 156 cm³/mol. The predicted octanol–water partition coefficient (Wildman–Crippen LogP) is 5.69. The Morgan fingerprint density at radius 1 is 0.974 bits per heavy atom. The molecule has 2 aliphatic heterocycles. The second-order valence-electron chi connectivity index (χ2n) is 12.5. The summed E-state index contributed by atoms with van der Waals surface area (Å²) in [5, 5.41) is 4.51. The van der Waals surface area contributed by atoms with E-state index in [1.165, 1.54) is 0 Å². The maximum atomic E-state index is 12.4. The number of hydrogen-bond donors (Lipinski definition) is 1. The van der Waals surface area contributed by atoms with Crippen LogP contribution in [-0.4, -0.2) is 79.1 Å². The largest absolute Gasteiger partial charge is 0.444 e. The van der Waals surface area contributed by atoms with Gasteiger partial charge in [-0.05, 0) is 84.6 Å². The third-order valence-corrected chi connectivity index (χ3v) is 7.06. The fourth-order valence-electron chi connectivity index (χ4n) is 4.98. The van der Waals surface area contributed by atoms with Crippen molar-refractivity contribution >= 4 is 46.2 Å². The van der Waals surface area contributed by atoms with Gasteiger partial charge in [-0.1, -0.05) is 11.6 Å². The first kappa shape index (κ1) is 29.1. The molecule has 3 heterocycles. The quantitative estimate of drug-likeness (QED) is 0.515. The van der Waals surface area contributed by atoms with Crippen LogP contribution < -0.4 is 15.1 Å². The Morgan fingerprint density at radius 2 is 1.67 bits per heavy atom. The van der Waals surface area contributed by atoms with Crippen LogP contribution in [0.25, 0.3) is 10.9 Å². The van der Waals surface area contributed by atoms with Crippen LogP contribution in [0.3, 0.4) is 0 Å². The summed E-state index contributed by atoms with van der Waals surface area (Å²) in [5.41, 5.74) is 0.994. The molecule has 0 bridgehead atoms. The van der Waals surface area contributed by atoms with Crippen LogP contribution in [0, 0.1) is 5.92 Å². The summed E-state index contributed by atoms with van der Waals surface area (Å²) >= 11 is 6.73. The summed E-state index contributed by atoms with van der Waals surface area (Å²) in [4.78, 5) is 35.6. The third-order valence-electron chi connectivity index (χ3n) is 6.78. The number of pyridine rings is 1. The van der Waals surface area contributed by atoms with Crippen molar-refractivity contribution in [3.8, 4) is 0 Å². The molecule has 1 unspecified atom stereocenters. The zero-order chi connectivity index (χ0) is 28.4. The normalized spacial score (nSPS) is 18.7. The summed E-state index contributed by atoms with van der Waals surface area (Å²) in [6, 6.07) is 8.28. The third kappa shape index (κ3) is 8.03. The highest BCUT2D eigenvalue weighted by atomic mass is 35.5. The van der Waals surface area contributed by atoms with Crippen molar-refractivity contribution in [3.63, 3.8) is 0 Å². The summed E-state index contributed by atoms with van der Waals surface area (Å²) in [6.45, 7) is 16.0. The molecule has 4 rings (SSSR count). The highest BCUT2D eigenvalue weighted by molar-refractivity contribution is 6.33. The zero-order valence-corrected chi connectivity index (χ0v) is 24.8. The van der Waals surface area contributed by atoms with Gasteiger partial charge in [-0.25, -0.2) is 14.6 Å². The number of fused-ring (bicyclic) bond motifs is 1. The number of piperazine rings is 1. The van der Waals surface area contributed by atoms with E-state index in [2.05, 4.69) is 27.2 Å². The Morgan fingerprint density at radius 3 is 2.33 bits per heavy atom. The molecule has 2 aromatic rings. The Hall–Kier alpha value is -2.94. The van der Waals surface area contributed by atoms with Crippen LogP contribution in [0.15, 0.2) is 24.3 Å². The molecule has 0 aliphatic carbocycles. The van der Waals surface area contributed by atoms with Gasteiger partial charge in [-0.15, -0.1) is 0 Å². The maximum absolute atomic E-state index is 12.4. The van der Waals surface area contributed by atoms with E-state index in [0.717, 1.165) is 48.3 Å². The van der Waals surface area contributed by atoms with Crippen molar-refractivity contribution in [2.24, 2.45) is 5.92 Å². The molecule has 1 N–H and O–H groups in total. The molecule has 2 saturated heterocycles. The Kier molecular flexibility index (Phi) is 8.69. The summed E-state index contributed by atoms with van der Waals surface area (Å²) in [5.74, 6) is 1.09. The van der Waals surface area contributed by atoms with Crippen molar-refractivity contribution in [1.82, 2.24) is 15.2 Å². The van der Waals surface area contributed by atoms with Crippen molar-refractivity contribution in [3.05, 3.63) is 29.3 Å². The number of carbonyl (C=O) groups is 2. The number of piperidine rings is 1. The number of alkyl carbamates (subject to hydrolysis) is 1. The number of aromatic nitrogens is 1. The smallest absolute Gasteiger partial charge is 0.410 e. The van der Waals surface area contributed by atoms with Crippen LogP contribution in [0.5, 0.6) is 0 Å². The van der Waals surface area contributed by atoms with Crippen LogP contribution in [0.1, 0.15) is 54.4 Å². The lowest BCUT2D eigenvalue weighted by atomic mass is 9.97. The van der Waals surface area contributed by atoms with Crippen LogP contribution >= 0.6 is 11.6 Å². The first-order chi connectivity index (χ1) is 18.3. The second kappa shape index (κ2) is 11.7. The summed E-state index contributed by atoms with van der Waals surface area (Å²) in [6.07, 6.45) is 1.48. The second-order valence-corrected chi connectivity index (χ2v) is 12.9. The van der Waals surface area contributed by atoms with Crippen molar-refractivity contribution in [2.75, 3.05) is 55.6 Å². The van der Waals surface area contributed by atoms with E-state index < -0.39 is 11.2 Å². The number of ether oxygens (including phenoxy) is 2. The number of benzene rings is 1. The molecular weight excluding hydrogens is 518 g/mol. The molecule has 1 aromatic heterocycles. The van der Waals surface area contributed by atoms with Gasteiger partial charge in [0.25, 0.3) is 0 Å². The number of carbonyl (C=O) groups excluding carboxylic acids is 2. The molecule has 2 fully saturated rings. The SMILES string of the molecule is CC(C)(C)OC(=O)NCC1CCCN(c2ccc3nc(N4CCN(C(=O)OC(C)(C)C)CC4)c(Cl)cc3c2)C1. The van der Waals surface area contributed by atoms with Gasteiger partial charge in [0.05, 0.1) is 10.5 Å². The molecule has 2 aliphatic rings. The minimum absolute atomic E-state index is 0.284. The van der Waals surface area contributed by atoms with E-state index in [9.17, 15) is 9.59 Å². The monoisotopic (exact) mass is 559 g/mol. The van der Waals surface area contributed by atoms with Gasteiger partial charge < -0.3 is 29.5 Å². The van der Waals surface area contributed by atoms with Crippen molar-refractivity contribution < 1.29 is 19.1 Å². The fraction of sp³-hybridized carbons (Fsp3) is 0.621. The molecule has 214 valence electrons. The van der Waals surface area contributed by atoms with Crippen LogP contribution in [-0.2, 0) is 9.47 Å². The molecule has 39 heavy (non-hydrogen) atoms. The van der Waals surface area contributed by atoms with E-state index in [-0.39, 0.29) is 12.2 Å². The molecule has 0 spiro atoms. The van der Waals surface area contributed by atoms with E-state index in [1.807, 2.05) is 53.7 Å². The summed E-state index contributed by atoms with van der Waals surface area (Å²) in [7, 11) is 0. The standard InChI is InChI=1S/C29H42ClN5O4/c1-28(2,3)38-26(36)31-18-20-8-7-11-35(19-20)22-9-10-24-21(16-22)17-23(30)25(32-24)33-12-14-34(15-13-33)27(37)39-29(4,5)6/h9-10,16-17,20H,7-8,11-15,18-19H2,1-6H3,(H,31,36). The first-order valence-electron chi connectivity index (χ1n) is 13.8. The van der Waals surface area contributed by atoms with Crippen LogP contribution in [0.2, 0.25) is 5.02 Å². The average Bonchev–Trinajstić information content (AvgIpc) is 2.85. The summed E-state index contributed by atoms with van der Waals surface area (Å²) < 4.78 is 10.9. The fourth-order valence-corrected chi connectivity index (χ4v) is 5.26. The molecule has 1 atom stereocenters. The molecule has 9 nitrogen and oxygen atoms in total. The molecule has 0 radical (unpaired) electrons. The lowest BCUT2D eigenvalue weighted by Crippen LogP contribution is -2.50. The molecule has 1 aromatic carbocycles. The lowest BCUT2D eigenvalue weighted by Gasteiger charge is -2.36. The highest BCUT2D eigenvalue weighted by Crippen LogP contribution is 2.32. The number of nitrogens with zero attached hydrogens (tertiary/aromatic N) is 4. The van der Waals surface area contributed by atoms with Gasteiger partial charge in [0.2, 0.25) is 0 Å². The lowest BCUT2D eigenvalue weighted by molar-refractivity contribution is 0.0240. The average molecular weight is 560 g/mol. The topological polar surface area (TPSA) is 87.2 Å². The van der Waals surface area contributed by atoms with E-state index in [1.54, 1.807) is 4.90 Å². The van der Waals surface area contributed by atoms with Crippen molar-refractivity contribution in [2.45, 2.75) is 65.6 Å². The van der Waals surface area contributed by atoms with Gasteiger partial charge >= 0.3 is 12.2 Å². The van der Waals surface area contributed by atoms with E-state index in [0.29, 0.717) is 43.7 Å². The first-order valence-corrected chi connectivity index (χ1v) is 14.2. The minimum atomic E-state index is -0.512. The highest BCUT2D eigenvalue weighted by Gasteiger charge is 2.28. The van der Waals surface area contributed by atoms with Crippen LogP contribution in [0.4, 0.5) is 21.1 Å². The number of nitrogens with one attached hydrogen (secondary N) is 1. The Balaban J connectivity index is 1.38. The maximum Gasteiger partial charge on any atom is 0.410 e. The number of amides is 2. The van der Waals surface area contributed by atoms with E-state index in [4.69, 9.17) is 26.1 Å². The number of rotatable bonds is 4. The molecule has 2 amide bonds. The molecule has 10 heteroatoms. The number of anilines is 2. The molecular formula is C29H42ClN5O4. The van der Waals surface area contributed by atoms with Gasteiger partial charge in [-0.2, -0.15) is 0 Å². The van der Waals surface area contributed by atoms with Gasteiger partial charge in [-0.3, -0.25) is 0 Å². The van der Waals surface area contributed by atoms with Gasteiger partial charge in [0.15, 0.2) is 0 Å². The van der Waals surface area contributed by atoms with Gasteiger partial charge in [0.1, 0.15) is 17.0 Å². The zero-order valence-electron chi connectivity index (χ0n) is 24.1. The number of halogens is 1.